The summed E-state index contributed by atoms with van der Waals surface area (Å²) in [6.07, 6.45) is 1.75. The van der Waals surface area contributed by atoms with E-state index >= 15 is 0 Å². The Bertz CT molecular complexity index is 1350. The molecule has 0 radical (unpaired) electrons. The molecule has 0 aliphatic heterocycles. The fourth-order valence-corrected chi connectivity index (χ4v) is 3.92. The second-order valence-electron chi connectivity index (χ2n) is 7.80. The van der Waals surface area contributed by atoms with Crippen molar-refractivity contribution in [3.8, 4) is 5.75 Å². The monoisotopic (exact) mass is 477 g/mol. The van der Waals surface area contributed by atoms with Crippen LogP contribution in [0.15, 0.2) is 83.8 Å². The predicted molar refractivity (Wildman–Crippen MR) is 133 cm³/mol. The van der Waals surface area contributed by atoms with E-state index in [4.69, 9.17) is 21.5 Å². The molecular formula is C26H24ClN3O4. The maximum Gasteiger partial charge on any atom is 0.274 e. The Hall–Kier alpha value is -3.81. The van der Waals surface area contributed by atoms with Crippen LogP contribution in [-0.4, -0.2) is 29.3 Å². The first-order chi connectivity index (χ1) is 16.5. The quantitative estimate of drug-likeness (QED) is 0.288. The van der Waals surface area contributed by atoms with Gasteiger partial charge in [0.15, 0.2) is 0 Å². The number of nitrogens with one attached hydrogen (secondary N) is 1. The fourth-order valence-electron chi connectivity index (χ4n) is 3.79. The van der Waals surface area contributed by atoms with Gasteiger partial charge >= 0.3 is 0 Å². The molecule has 0 spiro atoms. The third kappa shape index (κ3) is 5.22. The number of carbonyl (C=O) groups excluding carboxylic acids is 1. The van der Waals surface area contributed by atoms with E-state index in [0.29, 0.717) is 30.0 Å². The highest BCUT2D eigenvalue weighted by atomic mass is 35.5. The zero-order chi connectivity index (χ0) is 24.1. The molecule has 0 aliphatic carbocycles. The number of fused-ring (bicyclic) bond motifs is 1. The van der Waals surface area contributed by atoms with Crippen LogP contribution in [0.25, 0.3) is 10.8 Å². The van der Waals surface area contributed by atoms with Crippen molar-refractivity contribution in [1.82, 2.24) is 10.0 Å². The highest BCUT2D eigenvalue weighted by molar-refractivity contribution is 6.30. The van der Waals surface area contributed by atoms with Gasteiger partial charge in [0.25, 0.3) is 11.5 Å². The van der Waals surface area contributed by atoms with Gasteiger partial charge in [0, 0.05) is 47.5 Å². The minimum Gasteiger partial charge on any atom is -0.497 e. The van der Waals surface area contributed by atoms with Crippen LogP contribution in [0.4, 0.5) is 5.69 Å². The van der Waals surface area contributed by atoms with Gasteiger partial charge in [0.2, 0.25) is 0 Å². The van der Waals surface area contributed by atoms with E-state index in [1.807, 2.05) is 54.6 Å². The van der Waals surface area contributed by atoms with Crippen LogP contribution in [-0.2, 0) is 13.1 Å². The van der Waals surface area contributed by atoms with Crippen LogP contribution in [0, 0.1) is 0 Å². The van der Waals surface area contributed by atoms with Crippen molar-refractivity contribution in [2.24, 2.45) is 0 Å². The molecule has 174 valence electrons. The van der Waals surface area contributed by atoms with Gasteiger partial charge in [0.1, 0.15) is 5.75 Å². The molecule has 0 saturated heterocycles. The van der Waals surface area contributed by atoms with E-state index in [1.54, 1.807) is 35.5 Å². The van der Waals surface area contributed by atoms with E-state index in [-0.39, 0.29) is 11.1 Å². The summed E-state index contributed by atoms with van der Waals surface area (Å²) in [5.74, 6) is 0.106. The minimum atomic E-state index is -0.662. The fraction of sp³-hybridized carbons (Fsp3) is 0.154. The SMILES string of the molecule is COc1ccc(N(CCn2ccc3ccc(C(=O)NO)cc3c2=O)Cc2ccc(Cl)cc2)cc1. The lowest BCUT2D eigenvalue weighted by atomic mass is 10.1. The highest BCUT2D eigenvalue weighted by Gasteiger charge is 2.12. The number of carbonyl (C=O) groups is 1. The van der Waals surface area contributed by atoms with Gasteiger partial charge in [0.05, 0.1) is 7.11 Å². The second kappa shape index (κ2) is 10.4. The number of aromatic nitrogens is 1. The number of ether oxygens (including phenoxy) is 1. The number of rotatable bonds is 8. The highest BCUT2D eigenvalue weighted by Crippen LogP contribution is 2.22. The zero-order valence-electron chi connectivity index (χ0n) is 18.6. The van der Waals surface area contributed by atoms with Gasteiger partial charge in [-0.25, -0.2) is 5.48 Å². The van der Waals surface area contributed by atoms with Crippen molar-refractivity contribution < 1.29 is 14.7 Å². The third-order valence-corrected chi connectivity index (χ3v) is 5.93. The first-order valence-electron chi connectivity index (χ1n) is 10.7. The summed E-state index contributed by atoms with van der Waals surface area (Å²) in [5, 5.41) is 10.7. The van der Waals surface area contributed by atoms with E-state index in [9.17, 15) is 9.59 Å². The van der Waals surface area contributed by atoms with Crippen molar-refractivity contribution >= 4 is 34.0 Å². The van der Waals surface area contributed by atoms with Crippen molar-refractivity contribution in [3.05, 3.63) is 105 Å². The van der Waals surface area contributed by atoms with Gasteiger partial charge in [-0.15, -0.1) is 0 Å². The number of amides is 1. The third-order valence-electron chi connectivity index (χ3n) is 5.68. The Morgan fingerprint density at radius 2 is 1.79 bits per heavy atom. The summed E-state index contributed by atoms with van der Waals surface area (Å²) in [4.78, 5) is 27.1. The van der Waals surface area contributed by atoms with Crippen molar-refractivity contribution in [2.75, 3.05) is 18.6 Å². The largest absolute Gasteiger partial charge is 0.497 e. The molecule has 0 saturated carbocycles. The molecule has 3 aromatic carbocycles. The number of nitrogens with zero attached hydrogens (tertiary/aromatic N) is 2. The van der Waals surface area contributed by atoms with Crippen molar-refractivity contribution in [2.45, 2.75) is 13.1 Å². The number of hydroxylamine groups is 1. The average Bonchev–Trinajstić information content (AvgIpc) is 2.88. The number of halogens is 1. The van der Waals surface area contributed by atoms with Gasteiger partial charge < -0.3 is 14.2 Å². The summed E-state index contributed by atoms with van der Waals surface area (Å²) in [6.45, 7) is 1.63. The minimum absolute atomic E-state index is 0.203. The van der Waals surface area contributed by atoms with Gasteiger partial charge in [-0.2, -0.15) is 0 Å². The Morgan fingerprint density at radius 3 is 2.47 bits per heavy atom. The van der Waals surface area contributed by atoms with E-state index in [1.165, 1.54) is 6.07 Å². The summed E-state index contributed by atoms with van der Waals surface area (Å²) in [7, 11) is 1.63. The standard InChI is InChI=1S/C26H24ClN3O4/c1-34-23-10-8-22(9-11-23)30(17-18-2-6-21(27)7-3-18)15-14-29-13-12-19-4-5-20(25(31)28-33)16-24(19)26(29)32/h2-13,16,33H,14-15,17H2,1H3,(H,28,31). The summed E-state index contributed by atoms with van der Waals surface area (Å²) < 4.78 is 6.90. The topological polar surface area (TPSA) is 83.8 Å². The molecule has 7 nitrogen and oxygen atoms in total. The Labute approximate surface area is 201 Å². The van der Waals surface area contributed by atoms with E-state index in [2.05, 4.69) is 4.90 Å². The number of methoxy groups -OCH3 is 1. The Morgan fingerprint density at radius 1 is 1.06 bits per heavy atom. The van der Waals surface area contributed by atoms with Crippen molar-refractivity contribution in [1.29, 1.82) is 0 Å². The number of anilines is 1. The molecule has 8 heteroatoms. The Kier molecular flexibility index (Phi) is 7.15. The summed E-state index contributed by atoms with van der Waals surface area (Å²) >= 11 is 6.04. The van der Waals surface area contributed by atoms with E-state index in [0.717, 1.165) is 22.4 Å². The molecule has 1 heterocycles. The molecule has 0 bridgehead atoms. The molecule has 0 atom stereocenters. The molecular weight excluding hydrogens is 454 g/mol. The normalized spacial score (nSPS) is 10.8. The molecule has 1 amide bonds. The smallest absolute Gasteiger partial charge is 0.274 e. The molecule has 0 unspecified atom stereocenters. The first kappa shape index (κ1) is 23.4. The number of hydrogen-bond donors (Lipinski definition) is 2. The Balaban J connectivity index is 1.61. The molecule has 1 aromatic heterocycles. The van der Waals surface area contributed by atoms with Crippen molar-refractivity contribution in [3.63, 3.8) is 0 Å². The first-order valence-corrected chi connectivity index (χ1v) is 11.1. The average molecular weight is 478 g/mol. The lowest BCUT2D eigenvalue weighted by Crippen LogP contribution is -2.30. The molecule has 34 heavy (non-hydrogen) atoms. The lowest BCUT2D eigenvalue weighted by molar-refractivity contribution is 0.0706. The lowest BCUT2D eigenvalue weighted by Gasteiger charge is -2.26. The van der Waals surface area contributed by atoms with Gasteiger partial charge in [-0.1, -0.05) is 29.8 Å². The van der Waals surface area contributed by atoms with Gasteiger partial charge in [-0.05, 0) is 65.5 Å². The van der Waals surface area contributed by atoms with Crippen LogP contribution < -0.4 is 20.7 Å². The second-order valence-corrected chi connectivity index (χ2v) is 8.24. The molecule has 4 rings (SSSR count). The summed E-state index contributed by atoms with van der Waals surface area (Å²) in [6, 6.07) is 22.0. The molecule has 0 fully saturated rings. The van der Waals surface area contributed by atoms with Crippen LogP contribution >= 0.6 is 11.6 Å². The summed E-state index contributed by atoms with van der Waals surface area (Å²) in [5.41, 5.74) is 3.69. The number of hydrogen-bond acceptors (Lipinski definition) is 5. The van der Waals surface area contributed by atoms with E-state index < -0.39 is 5.91 Å². The predicted octanol–water partition coefficient (Wildman–Crippen LogP) is 4.49. The maximum atomic E-state index is 13.1. The molecule has 2 N–H and O–H groups in total. The zero-order valence-corrected chi connectivity index (χ0v) is 19.3. The molecule has 4 aromatic rings. The van der Waals surface area contributed by atoms with Crippen LogP contribution in [0.5, 0.6) is 5.75 Å². The van der Waals surface area contributed by atoms with Crippen LogP contribution in [0.2, 0.25) is 5.02 Å². The number of benzene rings is 3. The molecule has 0 aliphatic rings. The van der Waals surface area contributed by atoms with Crippen LogP contribution in [0.3, 0.4) is 0 Å². The number of pyridine rings is 1. The van der Waals surface area contributed by atoms with Gasteiger partial charge in [-0.3, -0.25) is 14.8 Å². The maximum absolute atomic E-state index is 13.1. The van der Waals surface area contributed by atoms with Crippen LogP contribution in [0.1, 0.15) is 15.9 Å².